The number of aryl methyl sites for hydroxylation is 1. The predicted molar refractivity (Wildman–Crippen MR) is 103 cm³/mol. The van der Waals surface area contributed by atoms with E-state index in [-0.39, 0.29) is 5.91 Å². The molecule has 1 aromatic heterocycles. The van der Waals surface area contributed by atoms with Crippen LogP contribution < -0.4 is 10.6 Å². The molecule has 0 fully saturated rings. The number of nitrogens with one attached hydrogen (secondary N) is 2. The van der Waals surface area contributed by atoms with E-state index in [0.29, 0.717) is 11.4 Å². The van der Waals surface area contributed by atoms with Crippen molar-refractivity contribution in [3.8, 4) is 0 Å². The van der Waals surface area contributed by atoms with Crippen LogP contribution in [-0.2, 0) is 0 Å². The first-order valence-corrected chi connectivity index (χ1v) is 8.96. The summed E-state index contributed by atoms with van der Waals surface area (Å²) in [6.45, 7) is 2.92. The van der Waals surface area contributed by atoms with Crippen molar-refractivity contribution in [2.24, 2.45) is 0 Å². The highest BCUT2D eigenvalue weighted by atomic mass is 16.1. The molecule has 1 aliphatic rings. The monoisotopic (exact) mass is 335 g/mol. The molecule has 25 heavy (non-hydrogen) atoms. The van der Waals surface area contributed by atoms with Crippen LogP contribution in [0.15, 0.2) is 54.2 Å². The molecule has 0 bridgehead atoms. The number of nitrogens with zero attached hydrogens (tertiary/aromatic N) is 1. The van der Waals surface area contributed by atoms with Crippen LogP contribution in [0.25, 0.3) is 0 Å². The molecule has 1 aliphatic carbocycles. The van der Waals surface area contributed by atoms with E-state index < -0.39 is 0 Å². The summed E-state index contributed by atoms with van der Waals surface area (Å²) in [5.41, 5.74) is 4.31. The van der Waals surface area contributed by atoms with Gasteiger partial charge in [-0.3, -0.25) is 4.79 Å². The molecule has 3 rings (SSSR count). The Hall–Kier alpha value is -2.62. The molecular weight excluding hydrogens is 310 g/mol. The predicted octanol–water partition coefficient (Wildman–Crippen LogP) is 4.94. The number of anilines is 2. The van der Waals surface area contributed by atoms with E-state index in [9.17, 15) is 4.79 Å². The van der Waals surface area contributed by atoms with Crippen LogP contribution in [0.1, 0.15) is 48.0 Å². The molecule has 0 unspecified atom stereocenters. The van der Waals surface area contributed by atoms with Crippen molar-refractivity contribution in [3.63, 3.8) is 0 Å². The Morgan fingerprint density at radius 1 is 1.12 bits per heavy atom. The molecule has 1 heterocycles. The lowest BCUT2D eigenvalue weighted by Gasteiger charge is -2.13. The maximum absolute atomic E-state index is 12.2. The Morgan fingerprint density at radius 2 is 1.96 bits per heavy atom. The molecule has 2 N–H and O–H groups in total. The van der Waals surface area contributed by atoms with Crippen molar-refractivity contribution in [3.05, 3.63) is 65.4 Å². The van der Waals surface area contributed by atoms with Gasteiger partial charge < -0.3 is 10.6 Å². The fourth-order valence-corrected chi connectivity index (χ4v) is 2.96. The summed E-state index contributed by atoms with van der Waals surface area (Å²) >= 11 is 0. The number of aromatic nitrogens is 1. The number of benzene rings is 1. The van der Waals surface area contributed by atoms with Gasteiger partial charge >= 0.3 is 0 Å². The third-order valence-electron chi connectivity index (χ3n) is 4.48. The first-order valence-electron chi connectivity index (χ1n) is 8.96. The van der Waals surface area contributed by atoms with E-state index in [2.05, 4.69) is 21.7 Å². The Bertz CT molecular complexity index is 733. The van der Waals surface area contributed by atoms with Crippen molar-refractivity contribution >= 4 is 17.4 Å². The lowest BCUT2D eigenvalue weighted by atomic mass is 9.97. The standard InChI is InChI=1S/C21H25N3O/c1-16-7-9-18(10-8-16)21(25)24-20-12-11-19(15-23-20)22-14-13-17-5-3-2-4-6-17/h5,7-12,15,22H,2-4,6,13-14H2,1H3,(H,23,24,25). The van der Waals surface area contributed by atoms with Crippen molar-refractivity contribution in [2.45, 2.75) is 39.0 Å². The van der Waals surface area contributed by atoms with Crippen LogP contribution in [0.4, 0.5) is 11.5 Å². The summed E-state index contributed by atoms with van der Waals surface area (Å²) in [6, 6.07) is 11.3. The molecule has 0 atom stereocenters. The molecule has 0 spiro atoms. The van der Waals surface area contributed by atoms with Crippen molar-refractivity contribution in [1.29, 1.82) is 0 Å². The SMILES string of the molecule is Cc1ccc(C(=O)Nc2ccc(NCCC3=CCCCC3)cn2)cc1. The summed E-state index contributed by atoms with van der Waals surface area (Å²) in [4.78, 5) is 16.5. The number of amides is 1. The number of carbonyl (C=O) groups excluding carboxylic acids is 1. The quantitative estimate of drug-likeness (QED) is 0.735. The average molecular weight is 335 g/mol. The fourth-order valence-electron chi connectivity index (χ4n) is 2.96. The van der Waals surface area contributed by atoms with Crippen molar-refractivity contribution in [1.82, 2.24) is 4.98 Å². The summed E-state index contributed by atoms with van der Waals surface area (Å²) < 4.78 is 0. The van der Waals surface area contributed by atoms with E-state index in [4.69, 9.17) is 0 Å². The second-order valence-electron chi connectivity index (χ2n) is 6.54. The van der Waals surface area contributed by atoms with Crippen LogP contribution in [0, 0.1) is 6.92 Å². The highest BCUT2D eigenvalue weighted by Gasteiger charge is 2.07. The third-order valence-corrected chi connectivity index (χ3v) is 4.48. The molecule has 1 aromatic carbocycles. The summed E-state index contributed by atoms with van der Waals surface area (Å²) in [5.74, 6) is 0.420. The second-order valence-corrected chi connectivity index (χ2v) is 6.54. The third kappa shape index (κ3) is 5.18. The molecule has 130 valence electrons. The first kappa shape index (κ1) is 17.2. The van der Waals surface area contributed by atoms with Gasteiger partial charge in [0.2, 0.25) is 0 Å². The summed E-state index contributed by atoms with van der Waals surface area (Å²) in [5, 5.41) is 6.22. The van der Waals surface area contributed by atoms with E-state index >= 15 is 0 Å². The topological polar surface area (TPSA) is 54.0 Å². The minimum Gasteiger partial charge on any atom is -0.383 e. The van der Waals surface area contributed by atoms with Gasteiger partial charge in [-0.25, -0.2) is 4.98 Å². The minimum absolute atomic E-state index is 0.141. The fraction of sp³-hybridized carbons (Fsp3) is 0.333. The minimum atomic E-state index is -0.141. The van der Waals surface area contributed by atoms with Crippen LogP contribution in [-0.4, -0.2) is 17.4 Å². The maximum atomic E-state index is 12.2. The Kier molecular flexibility index (Phi) is 5.83. The smallest absolute Gasteiger partial charge is 0.256 e. The van der Waals surface area contributed by atoms with Gasteiger partial charge in [0.05, 0.1) is 11.9 Å². The van der Waals surface area contributed by atoms with Gasteiger partial charge in [-0.05, 0) is 63.3 Å². The number of rotatable bonds is 6. The lowest BCUT2D eigenvalue weighted by Crippen LogP contribution is -2.13. The van der Waals surface area contributed by atoms with Gasteiger partial charge in [0.25, 0.3) is 5.91 Å². The van der Waals surface area contributed by atoms with E-state index in [0.717, 1.165) is 24.2 Å². The zero-order chi connectivity index (χ0) is 17.5. The van der Waals surface area contributed by atoms with Crippen LogP contribution in [0.3, 0.4) is 0 Å². The Balaban J connectivity index is 1.49. The Labute approximate surface area is 149 Å². The number of hydrogen-bond acceptors (Lipinski definition) is 3. The van der Waals surface area contributed by atoms with Crippen LogP contribution in [0.5, 0.6) is 0 Å². The summed E-state index contributed by atoms with van der Waals surface area (Å²) in [6.07, 6.45) is 10.4. The van der Waals surface area contributed by atoms with E-state index in [1.165, 1.54) is 25.7 Å². The van der Waals surface area contributed by atoms with Crippen molar-refractivity contribution in [2.75, 3.05) is 17.2 Å². The number of pyridine rings is 1. The highest BCUT2D eigenvalue weighted by Crippen LogP contribution is 2.20. The lowest BCUT2D eigenvalue weighted by molar-refractivity contribution is 0.102. The largest absolute Gasteiger partial charge is 0.383 e. The number of allylic oxidation sites excluding steroid dienone is 1. The van der Waals surface area contributed by atoms with Gasteiger partial charge in [0, 0.05) is 12.1 Å². The van der Waals surface area contributed by atoms with Gasteiger partial charge in [-0.2, -0.15) is 0 Å². The Morgan fingerprint density at radius 3 is 2.64 bits per heavy atom. The van der Waals surface area contributed by atoms with Gasteiger partial charge in [0.15, 0.2) is 0 Å². The maximum Gasteiger partial charge on any atom is 0.256 e. The molecule has 0 radical (unpaired) electrons. The van der Waals surface area contributed by atoms with Gasteiger partial charge in [0.1, 0.15) is 5.82 Å². The molecular formula is C21H25N3O. The van der Waals surface area contributed by atoms with Crippen LogP contribution >= 0.6 is 0 Å². The second kappa shape index (κ2) is 8.47. The molecule has 4 heteroatoms. The number of carbonyl (C=O) groups is 1. The molecule has 0 aliphatic heterocycles. The average Bonchev–Trinajstić information content (AvgIpc) is 2.64. The number of hydrogen-bond donors (Lipinski definition) is 2. The zero-order valence-electron chi connectivity index (χ0n) is 14.7. The molecule has 0 saturated heterocycles. The van der Waals surface area contributed by atoms with Gasteiger partial charge in [-0.1, -0.05) is 29.3 Å². The molecule has 0 saturated carbocycles. The van der Waals surface area contributed by atoms with Crippen LogP contribution in [0.2, 0.25) is 0 Å². The highest BCUT2D eigenvalue weighted by molar-refractivity contribution is 6.03. The first-order chi connectivity index (χ1) is 12.2. The molecule has 2 aromatic rings. The zero-order valence-corrected chi connectivity index (χ0v) is 14.7. The van der Waals surface area contributed by atoms with Gasteiger partial charge in [-0.15, -0.1) is 0 Å². The molecule has 1 amide bonds. The molecule has 4 nitrogen and oxygen atoms in total. The summed E-state index contributed by atoms with van der Waals surface area (Å²) in [7, 11) is 0. The van der Waals surface area contributed by atoms with E-state index in [1.54, 1.807) is 11.8 Å². The normalized spacial score (nSPS) is 13.9. The van der Waals surface area contributed by atoms with E-state index in [1.807, 2.05) is 43.3 Å². The van der Waals surface area contributed by atoms with Crippen molar-refractivity contribution < 1.29 is 4.79 Å².